The highest BCUT2D eigenvalue weighted by Crippen LogP contribution is 2.16. The van der Waals surface area contributed by atoms with Gasteiger partial charge in [-0.3, -0.25) is 4.79 Å². The number of ether oxygens (including phenoxy) is 1. The van der Waals surface area contributed by atoms with Crippen LogP contribution in [0.1, 0.15) is 11.1 Å². The first kappa shape index (κ1) is 19.9. The number of hydrogen-bond donors (Lipinski definition) is 2. The van der Waals surface area contributed by atoms with Crippen LogP contribution in [0.2, 0.25) is 5.02 Å². The van der Waals surface area contributed by atoms with E-state index in [0.717, 1.165) is 23.4 Å². The standard InChI is InChI=1S/C23H23ClN2O2/c24-22-9-5-4-8-19(22)16-25-17-23(27)26-20-10-12-21(13-11-20)28-15-14-18-6-2-1-3-7-18/h1-13,25H,14-17H2,(H,26,27). The van der Waals surface area contributed by atoms with E-state index in [1.54, 1.807) is 0 Å². The summed E-state index contributed by atoms with van der Waals surface area (Å²) in [6.45, 7) is 1.36. The number of hydrogen-bond acceptors (Lipinski definition) is 3. The van der Waals surface area contributed by atoms with E-state index in [2.05, 4.69) is 22.8 Å². The Hall–Kier alpha value is -2.82. The lowest BCUT2D eigenvalue weighted by Crippen LogP contribution is -2.27. The van der Waals surface area contributed by atoms with Gasteiger partial charge in [0.1, 0.15) is 5.75 Å². The Kier molecular flexibility index (Phi) is 7.47. The zero-order chi connectivity index (χ0) is 19.6. The molecule has 0 radical (unpaired) electrons. The second kappa shape index (κ2) is 10.5. The highest BCUT2D eigenvalue weighted by molar-refractivity contribution is 6.31. The Bertz CT molecular complexity index is 883. The highest BCUT2D eigenvalue weighted by atomic mass is 35.5. The molecule has 0 aliphatic heterocycles. The number of carbonyl (C=O) groups is 1. The van der Waals surface area contributed by atoms with Crippen LogP contribution in [0, 0.1) is 0 Å². The molecule has 0 bridgehead atoms. The van der Waals surface area contributed by atoms with Gasteiger partial charge in [-0.1, -0.05) is 60.1 Å². The SMILES string of the molecule is O=C(CNCc1ccccc1Cl)Nc1ccc(OCCc2ccccc2)cc1. The third kappa shape index (κ3) is 6.41. The Morgan fingerprint density at radius 2 is 1.61 bits per heavy atom. The summed E-state index contributed by atoms with van der Waals surface area (Å²) in [5.41, 5.74) is 2.95. The Morgan fingerprint density at radius 3 is 2.36 bits per heavy atom. The summed E-state index contributed by atoms with van der Waals surface area (Å²) in [7, 11) is 0. The van der Waals surface area contributed by atoms with Gasteiger partial charge in [0.25, 0.3) is 0 Å². The zero-order valence-corrected chi connectivity index (χ0v) is 16.3. The monoisotopic (exact) mass is 394 g/mol. The number of amides is 1. The minimum atomic E-state index is -0.107. The fourth-order valence-electron chi connectivity index (χ4n) is 2.72. The van der Waals surface area contributed by atoms with E-state index in [0.29, 0.717) is 18.2 Å². The number of carbonyl (C=O) groups excluding carboxylic acids is 1. The van der Waals surface area contributed by atoms with Crippen molar-refractivity contribution >= 4 is 23.2 Å². The van der Waals surface area contributed by atoms with E-state index in [9.17, 15) is 4.79 Å². The molecule has 0 saturated carbocycles. The molecule has 3 rings (SSSR count). The van der Waals surface area contributed by atoms with Gasteiger partial charge in [0.2, 0.25) is 5.91 Å². The molecule has 0 spiro atoms. The van der Waals surface area contributed by atoms with Crippen LogP contribution >= 0.6 is 11.6 Å². The van der Waals surface area contributed by atoms with Crippen molar-refractivity contribution in [3.8, 4) is 5.75 Å². The lowest BCUT2D eigenvalue weighted by Gasteiger charge is -2.09. The molecule has 0 unspecified atom stereocenters. The second-order valence-electron chi connectivity index (χ2n) is 6.35. The van der Waals surface area contributed by atoms with Gasteiger partial charge in [-0.05, 0) is 41.5 Å². The largest absolute Gasteiger partial charge is 0.493 e. The van der Waals surface area contributed by atoms with Crippen LogP contribution in [0.15, 0.2) is 78.9 Å². The first-order valence-corrected chi connectivity index (χ1v) is 9.59. The molecular formula is C23H23ClN2O2. The van der Waals surface area contributed by atoms with Crippen LogP contribution in [-0.4, -0.2) is 19.1 Å². The molecule has 3 aromatic carbocycles. The number of nitrogens with one attached hydrogen (secondary N) is 2. The molecule has 3 aromatic rings. The molecule has 0 aliphatic rings. The quantitative estimate of drug-likeness (QED) is 0.553. The smallest absolute Gasteiger partial charge is 0.238 e. The van der Waals surface area contributed by atoms with Crippen LogP contribution in [0.5, 0.6) is 5.75 Å². The number of anilines is 1. The predicted octanol–water partition coefficient (Wildman–Crippen LogP) is 4.69. The molecule has 1 amide bonds. The predicted molar refractivity (Wildman–Crippen MR) is 114 cm³/mol. The molecule has 5 heteroatoms. The molecule has 28 heavy (non-hydrogen) atoms. The van der Waals surface area contributed by atoms with E-state index in [1.165, 1.54) is 5.56 Å². The third-order valence-electron chi connectivity index (χ3n) is 4.20. The van der Waals surface area contributed by atoms with Crippen LogP contribution < -0.4 is 15.4 Å². The van der Waals surface area contributed by atoms with Crippen molar-refractivity contribution in [2.24, 2.45) is 0 Å². The van der Waals surface area contributed by atoms with Crippen molar-refractivity contribution in [3.05, 3.63) is 95.0 Å². The minimum Gasteiger partial charge on any atom is -0.493 e. The Labute approximate surface area is 170 Å². The minimum absolute atomic E-state index is 0.107. The van der Waals surface area contributed by atoms with Crippen molar-refractivity contribution in [1.82, 2.24) is 5.32 Å². The van der Waals surface area contributed by atoms with E-state index in [1.807, 2.05) is 66.7 Å². The van der Waals surface area contributed by atoms with E-state index < -0.39 is 0 Å². The van der Waals surface area contributed by atoms with Crippen molar-refractivity contribution in [2.75, 3.05) is 18.5 Å². The van der Waals surface area contributed by atoms with E-state index >= 15 is 0 Å². The summed E-state index contributed by atoms with van der Waals surface area (Å²) >= 11 is 6.10. The van der Waals surface area contributed by atoms with Gasteiger partial charge in [-0.15, -0.1) is 0 Å². The van der Waals surface area contributed by atoms with Gasteiger partial charge in [-0.2, -0.15) is 0 Å². The molecule has 144 valence electrons. The van der Waals surface area contributed by atoms with Gasteiger partial charge in [0.05, 0.1) is 13.2 Å². The molecule has 4 nitrogen and oxygen atoms in total. The summed E-state index contributed by atoms with van der Waals surface area (Å²) in [5, 5.41) is 6.65. The number of halogens is 1. The topological polar surface area (TPSA) is 50.4 Å². The van der Waals surface area contributed by atoms with Crippen molar-refractivity contribution in [2.45, 2.75) is 13.0 Å². The Balaban J connectivity index is 1.38. The van der Waals surface area contributed by atoms with Crippen LogP contribution in [0.3, 0.4) is 0 Å². The lowest BCUT2D eigenvalue weighted by atomic mass is 10.2. The number of benzene rings is 3. The zero-order valence-electron chi connectivity index (χ0n) is 15.5. The van der Waals surface area contributed by atoms with Gasteiger partial charge >= 0.3 is 0 Å². The third-order valence-corrected chi connectivity index (χ3v) is 4.57. The lowest BCUT2D eigenvalue weighted by molar-refractivity contribution is -0.115. The summed E-state index contributed by atoms with van der Waals surface area (Å²) < 4.78 is 5.76. The maximum absolute atomic E-state index is 12.1. The molecule has 0 fully saturated rings. The number of rotatable bonds is 9. The summed E-state index contributed by atoms with van der Waals surface area (Å²) in [6.07, 6.45) is 0.858. The van der Waals surface area contributed by atoms with Crippen LogP contribution in [-0.2, 0) is 17.8 Å². The van der Waals surface area contributed by atoms with Gasteiger partial charge in [0.15, 0.2) is 0 Å². The summed E-state index contributed by atoms with van der Waals surface area (Å²) in [4.78, 5) is 12.1. The fourth-order valence-corrected chi connectivity index (χ4v) is 2.93. The average Bonchev–Trinajstić information content (AvgIpc) is 2.72. The van der Waals surface area contributed by atoms with E-state index in [-0.39, 0.29) is 12.5 Å². The molecule has 0 saturated heterocycles. The van der Waals surface area contributed by atoms with Gasteiger partial charge in [0, 0.05) is 23.7 Å². The van der Waals surface area contributed by atoms with E-state index in [4.69, 9.17) is 16.3 Å². The van der Waals surface area contributed by atoms with Crippen molar-refractivity contribution in [1.29, 1.82) is 0 Å². The molecule has 0 heterocycles. The first-order chi connectivity index (χ1) is 13.7. The summed E-state index contributed by atoms with van der Waals surface area (Å²) in [6, 6.07) is 25.2. The fraction of sp³-hybridized carbons (Fsp3) is 0.174. The molecule has 2 N–H and O–H groups in total. The van der Waals surface area contributed by atoms with Gasteiger partial charge < -0.3 is 15.4 Å². The molecule has 0 atom stereocenters. The first-order valence-electron chi connectivity index (χ1n) is 9.21. The van der Waals surface area contributed by atoms with Crippen LogP contribution in [0.25, 0.3) is 0 Å². The summed E-state index contributed by atoms with van der Waals surface area (Å²) in [5.74, 6) is 0.676. The molecule has 0 aromatic heterocycles. The molecular weight excluding hydrogens is 372 g/mol. The van der Waals surface area contributed by atoms with Crippen molar-refractivity contribution in [3.63, 3.8) is 0 Å². The highest BCUT2D eigenvalue weighted by Gasteiger charge is 2.04. The maximum Gasteiger partial charge on any atom is 0.238 e. The molecule has 0 aliphatic carbocycles. The van der Waals surface area contributed by atoms with Crippen molar-refractivity contribution < 1.29 is 9.53 Å². The van der Waals surface area contributed by atoms with Crippen LogP contribution in [0.4, 0.5) is 5.69 Å². The van der Waals surface area contributed by atoms with Gasteiger partial charge in [-0.25, -0.2) is 0 Å². The second-order valence-corrected chi connectivity index (χ2v) is 6.76. The average molecular weight is 395 g/mol. The maximum atomic E-state index is 12.1. The normalized spacial score (nSPS) is 10.5. The Morgan fingerprint density at radius 1 is 0.893 bits per heavy atom.